The molecule has 15 aromatic carbocycles. The molecule has 8 heteroatoms. The zero-order valence-electron chi connectivity index (χ0n) is 72.0. The van der Waals surface area contributed by atoms with Crippen LogP contribution < -0.4 is 26.5 Å². The number of aliphatic imine (C=N–C) groups is 1. The molecule has 0 radical (unpaired) electrons. The Balaban J connectivity index is 0.000000274. The van der Waals surface area contributed by atoms with Gasteiger partial charge in [-0.1, -0.05) is 341 Å². The number of nitrogens with one attached hydrogen (secondary N) is 1. The van der Waals surface area contributed by atoms with Crippen molar-refractivity contribution in [2.75, 3.05) is 5.32 Å². The molecule has 15 rings (SSSR count). The predicted molar refractivity (Wildman–Crippen MR) is 525 cm³/mol. The second-order valence-electron chi connectivity index (χ2n) is 29.2. The van der Waals surface area contributed by atoms with Crippen LogP contribution in [0.5, 0.6) is 0 Å². The molecule has 0 aliphatic carbocycles. The fourth-order valence-electron chi connectivity index (χ4n) is 11.9. The molecule has 1 N–H and O–H groups in total. The van der Waals surface area contributed by atoms with Crippen molar-refractivity contribution in [2.24, 2.45) is 4.99 Å². The van der Waals surface area contributed by atoms with Gasteiger partial charge in [-0.05, 0) is 61.6 Å². The van der Waals surface area contributed by atoms with E-state index in [1.54, 1.807) is 0 Å². The van der Waals surface area contributed by atoms with Crippen LogP contribution in [0, 0.1) is 48.5 Å². The number of para-hydroxylation sites is 2. The normalized spacial score (nSPS) is 10.5. The van der Waals surface area contributed by atoms with E-state index in [0.29, 0.717) is 36.8 Å². The topological polar surface area (TPSA) is 52.6 Å². The Hall–Kier alpha value is -10.8. The molecule has 0 aliphatic heterocycles. The van der Waals surface area contributed by atoms with Gasteiger partial charge in [0, 0.05) is 39.8 Å². The quantitative estimate of drug-likeness (QED) is 0.0396. The molecule has 0 heterocycles. The number of rotatable bonds is 18. The molecule has 1 atom stereocenters. The van der Waals surface area contributed by atoms with Gasteiger partial charge < -0.3 is 16.0 Å². The molecular formula is C113H119N4P2Zr2-5. The molecule has 15 aromatic rings. The van der Waals surface area contributed by atoms with Gasteiger partial charge >= 0.3 is 26.2 Å². The van der Waals surface area contributed by atoms with Crippen LogP contribution in [0.4, 0.5) is 11.4 Å². The van der Waals surface area contributed by atoms with E-state index in [2.05, 4.69) is 328 Å². The Morgan fingerprint density at radius 2 is 0.504 bits per heavy atom. The summed E-state index contributed by atoms with van der Waals surface area (Å²) in [5.74, 6) is 1.41. The van der Waals surface area contributed by atoms with Crippen molar-refractivity contribution in [1.29, 1.82) is 0 Å². The maximum Gasteiger partial charge on any atom is 4.00 e. The molecule has 614 valence electrons. The Morgan fingerprint density at radius 3 is 0.744 bits per heavy atom. The van der Waals surface area contributed by atoms with Gasteiger partial charge in [0.25, 0.3) is 0 Å². The van der Waals surface area contributed by atoms with Gasteiger partial charge in [0.05, 0.1) is 6.54 Å². The number of benzene rings is 15. The largest absolute Gasteiger partial charge is 4.00 e. The third-order valence-corrected chi connectivity index (χ3v) is 22.9. The van der Waals surface area contributed by atoms with Crippen LogP contribution >= 0.6 is 15.8 Å². The van der Waals surface area contributed by atoms with Crippen LogP contribution in [0.1, 0.15) is 151 Å². The Morgan fingerprint density at radius 1 is 0.281 bits per heavy atom. The summed E-state index contributed by atoms with van der Waals surface area (Å²) in [6, 6.07) is 147. The average Bonchev–Trinajstić information content (AvgIpc) is 0.799. The first kappa shape index (κ1) is 101. The first-order valence-electron chi connectivity index (χ1n) is 40.8. The summed E-state index contributed by atoms with van der Waals surface area (Å²) in [5.41, 5.74) is 18.6. The minimum Gasteiger partial charge on any atom is -0.695 e. The maximum atomic E-state index is 5.53. The first-order valence-corrected chi connectivity index (χ1v) is 43.5. The number of hydrogen-bond acceptors (Lipinski definition) is 1. The van der Waals surface area contributed by atoms with Crippen molar-refractivity contribution in [2.45, 2.75) is 98.1 Å². The van der Waals surface area contributed by atoms with Crippen molar-refractivity contribution < 1.29 is 52.4 Å². The monoisotopic (exact) mass is 1770 g/mol. The van der Waals surface area contributed by atoms with Gasteiger partial charge in [-0.25, -0.2) is 0 Å². The van der Waals surface area contributed by atoms with E-state index in [4.69, 9.17) is 15.6 Å². The number of anilines is 1. The Kier molecular flexibility index (Phi) is 49.2. The summed E-state index contributed by atoms with van der Waals surface area (Å²) in [6.07, 6.45) is 0. The molecule has 1 unspecified atom stereocenters. The SMILES string of the molecule is CC(C)c1cccc(C(C)C)c1NC(=NCc1ccccc1)P(c1ccccc1)c1ccccc1.CC(C)c1cccc(C(C)C)c1[N-]C([N-]Cc1ccccc1)P(c1ccccc1)c1ccccc1.[CH2-]c1ccccc1.[CH2-]c1ccccc1.[CH2-]c1ccccc1.[CH2-]c1ccccc1.[CH2-]c1ccccc1.[CH2-]c1ccccc1.[CH2-]c1ccccc1.[Zr+4].[Zr]. The van der Waals surface area contributed by atoms with Crippen LogP contribution in [-0.2, 0) is 65.5 Å². The standard InChI is InChI=1S/2C32H35N2P.7C7H7.2Zr/c2*1-24(2)29-21-14-22-30(25(3)4)31(29)34-32(33-23-26-15-8-5-9-16-26)35(27-17-10-6-11-18-27)28-19-12-7-13-20-28;7*1-7-5-3-2-4-6-7;;/h5-22,24-25H,23H2,1-4H3,(H,33,34);5-22,24-25,32H,23H2,1-4H3;7*2-6H,1H2;;/q;-2;7*-1;;+4. The van der Waals surface area contributed by atoms with Crippen molar-refractivity contribution in [3.8, 4) is 0 Å². The second kappa shape index (κ2) is 59.0. The molecule has 121 heavy (non-hydrogen) atoms. The van der Waals surface area contributed by atoms with Crippen LogP contribution in [-0.4, -0.2) is 11.5 Å². The van der Waals surface area contributed by atoms with Gasteiger partial charge in [-0.15, -0.1) is 97.2 Å². The van der Waals surface area contributed by atoms with Crippen LogP contribution in [0.3, 0.4) is 0 Å². The Bertz CT molecular complexity index is 4600. The fourth-order valence-corrected chi connectivity index (χ4v) is 16.4. The zero-order valence-corrected chi connectivity index (χ0v) is 78.7. The minimum atomic E-state index is -0.859. The van der Waals surface area contributed by atoms with Gasteiger partial charge in [0.15, 0.2) is 0 Å². The van der Waals surface area contributed by atoms with Crippen molar-refractivity contribution in [3.05, 3.63) is 562 Å². The van der Waals surface area contributed by atoms with Gasteiger partial charge in [-0.3, -0.25) is 4.99 Å². The number of nitrogens with zero attached hydrogens (tertiary/aromatic N) is 3. The van der Waals surface area contributed by atoms with Crippen LogP contribution in [0.25, 0.3) is 10.6 Å². The molecule has 0 saturated carbocycles. The minimum absolute atomic E-state index is 0. The van der Waals surface area contributed by atoms with E-state index < -0.39 is 15.8 Å². The second-order valence-corrected chi connectivity index (χ2v) is 33.6. The van der Waals surface area contributed by atoms with E-state index in [1.165, 1.54) is 60.3 Å². The number of hydrogen-bond donors (Lipinski definition) is 1. The van der Waals surface area contributed by atoms with E-state index in [-0.39, 0.29) is 58.3 Å². The molecule has 0 bridgehead atoms. The summed E-state index contributed by atoms with van der Waals surface area (Å²) in [6.45, 7) is 45.4. The van der Waals surface area contributed by atoms with E-state index in [0.717, 1.165) is 50.2 Å². The van der Waals surface area contributed by atoms with Gasteiger partial charge in [0.1, 0.15) is 5.58 Å². The number of amidine groups is 1. The molecule has 0 amide bonds. The van der Waals surface area contributed by atoms with Crippen LogP contribution in [0.2, 0.25) is 0 Å². The van der Waals surface area contributed by atoms with Gasteiger partial charge in [0.2, 0.25) is 0 Å². The molecule has 0 fully saturated rings. The smallest absolute Gasteiger partial charge is 0.695 e. The first-order chi connectivity index (χ1) is 57.8. The fraction of sp³-hybridized carbons (Fsp3) is 0.133. The summed E-state index contributed by atoms with van der Waals surface area (Å²) in [7, 11) is -1.69. The van der Waals surface area contributed by atoms with Crippen molar-refractivity contribution in [1.82, 2.24) is 0 Å². The van der Waals surface area contributed by atoms with Crippen LogP contribution in [0.15, 0.2) is 436 Å². The van der Waals surface area contributed by atoms with Gasteiger partial charge in [-0.2, -0.15) is 178 Å². The maximum absolute atomic E-state index is 5.53. The molecule has 0 aliphatic rings. The summed E-state index contributed by atoms with van der Waals surface area (Å²) in [4.78, 5) is 5.28. The average molecular weight is 1780 g/mol. The molecule has 4 nitrogen and oxygen atoms in total. The van der Waals surface area contributed by atoms with Crippen molar-refractivity contribution >= 4 is 54.0 Å². The molecule has 0 aromatic heterocycles. The van der Waals surface area contributed by atoms with E-state index in [9.17, 15) is 0 Å². The summed E-state index contributed by atoms with van der Waals surface area (Å²) < 4.78 is 0. The molecule has 0 spiro atoms. The summed E-state index contributed by atoms with van der Waals surface area (Å²) in [5, 5.41) is 19.9. The molecule has 0 saturated heterocycles. The summed E-state index contributed by atoms with van der Waals surface area (Å²) >= 11 is 0. The third-order valence-electron chi connectivity index (χ3n) is 18.2. The van der Waals surface area contributed by atoms with E-state index in [1.807, 2.05) is 212 Å². The Labute approximate surface area is 770 Å². The third kappa shape index (κ3) is 39.1. The molecular weight excluding hydrogens is 1660 g/mol. The van der Waals surface area contributed by atoms with E-state index >= 15 is 0 Å². The zero-order chi connectivity index (χ0) is 85.0. The predicted octanol–water partition coefficient (Wildman–Crippen LogP) is 30.0. The van der Waals surface area contributed by atoms with Crippen molar-refractivity contribution in [3.63, 3.8) is 0 Å².